The molecule has 0 aliphatic carbocycles. The van der Waals surface area contributed by atoms with Crippen LogP contribution in [-0.4, -0.2) is 36.9 Å². The van der Waals surface area contributed by atoms with Crippen LogP contribution in [0.25, 0.3) is 0 Å². The molecule has 4 nitrogen and oxygen atoms in total. The van der Waals surface area contributed by atoms with Crippen LogP contribution < -0.4 is 14.8 Å². The highest BCUT2D eigenvalue weighted by Crippen LogP contribution is 2.33. The Balaban J connectivity index is 1.68. The SMILES string of the molecule is CCC1(C)CN(Cc2ccc3c(c2)OCO3)CCN1. The zero-order valence-corrected chi connectivity index (χ0v) is 11.7. The first-order valence-electron chi connectivity index (χ1n) is 7.04. The predicted molar refractivity (Wildman–Crippen MR) is 74.5 cm³/mol. The average molecular weight is 262 g/mol. The van der Waals surface area contributed by atoms with Gasteiger partial charge in [0.15, 0.2) is 11.5 Å². The summed E-state index contributed by atoms with van der Waals surface area (Å²) < 4.78 is 10.8. The van der Waals surface area contributed by atoms with E-state index < -0.39 is 0 Å². The van der Waals surface area contributed by atoms with E-state index >= 15 is 0 Å². The number of hydrogen-bond donors (Lipinski definition) is 1. The Morgan fingerprint density at radius 3 is 3.00 bits per heavy atom. The molecule has 4 heteroatoms. The first-order chi connectivity index (χ1) is 9.18. The number of piperazine rings is 1. The maximum absolute atomic E-state index is 5.44. The lowest BCUT2D eigenvalue weighted by atomic mass is 9.95. The molecule has 0 bridgehead atoms. The molecule has 1 aromatic carbocycles. The van der Waals surface area contributed by atoms with Crippen molar-refractivity contribution in [2.45, 2.75) is 32.4 Å². The predicted octanol–water partition coefficient (Wildman–Crippen LogP) is 1.99. The van der Waals surface area contributed by atoms with Crippen LogP contribution in [0.5, 0.6) is 11.5 Å². The minimum Gasteiger partial charge on any atom is -0.454 e. The van der Waals surface area contributed by atoms with E-state index in [-0.39, 0.29) is 5.54 Å². The van der Waals surface area contributed by atoms with Crippen LogP contribution in [0.2, 0.25) is 0 Å². The Morgan fingerprint density at radius 1 is 1.32 bits per heavy atom. The normalized spacial score (nSPS) is 26.6. The fourth-order valence-corrected chi connectivity index (χ4v) is 2.81. The molecule has 1 aromatic rings. The number of ether oxygens (including phenoxy) is 2. The molecular formula is C15H22N2O2. The fraction of sp³-hybridized carbons (Fsp3) is 0.600. The van der Waals surface area contributed by atoms with E-state index in [1.807, 2.05) is 6.07 Å². The molecule has 0 amide bonds. The molecule has 104 valence electrons. The van der Waals surface area contributed by atoms with Crippen molar-refractivity contribution >= 4 is 0 Å². The van der Waals surface area contributed by atoms with E-state index in [0.29, 0.717) is 6.79 Å². The highest BCUT2D eigenvalue weighted by Gasteiger charge is 2.28. The number of benzene rings is 1. The summed E-state index contributed by atoms with van der Waals surface area (Å²) >= 11 is 0. The van der Waals surface area contributed by atoms with Crippen LogP contribution in [-0.2, 0) is 6.54 Å². The number of nitrogens with one attached hydrogen (secondary N) is 1. The summed E-state index contributed by atoms with van der Waals surface area (Å²) in [5.41, 5.74) is 1.54. The zero-order valence-electron chi connectivity index (χ0n) is 11.7. The largest absolute Gasteiger partial charge is 0.454 e. The number of fused-ring (bicyclic) bond motifs is 1. The van der Waals surface area contributed by atoms with Gasteiger partial charge < -0.3 is 14.8 Å². The topological polar surface area (TPSA) is 33.7 Å². The molecule has 1 fully saturated rings. The third kappa shape index (κ3) is 2.69. The van der Waals surface area contributed by atoms with Crippen molar-refractivity contribution in [3.05, 3.63) is 23.8 Å². The van der Waals surface area contributed by atoms with Crippen molar-refractivity contribution in [3.8, 4) is 11.5 Å². The molecule has 1 unspecified atom stereocenters. The van der Waals surface area contributed by atoms with Gasteiger partial charge in [0.25, 0.3) is 0 Å². The molecule has 3 rings (SSSR count). The highest BCUT2D eigenvalue weighted by molar-refractivity contribution is 5.44. The molecular weight excluding hydrogens is 240 g/mol. The third-order valence-corrected chi connectivity index (χ3v) is 4.18. The molecule has 1 saturated heterocycles. The van der Waals surface area contributed by atoms with E-state index in [4.69, 9.17) is 9.47 Å². The van der Waals surface area contributed by atoms with Crippen LogP contribution in [0, 0.1) is 0 Å². The van der Waals surface area contributed by atoms with Gasteiger partial charge in [-0.2, -0.15) is 0 Å². The summed E-state index contributed by atoms with van der Waals surface area (Å²) in [6, 6.07) is 6.26. The van der Waals surface area contributed by atoms with E-state index in [0.717, 1.165) is 44.1 Å². The minimum atomic E-state index is 0.245. The maximum atomic E-state index is 5.44. The molecule has 1 N–H and O–H groups in total. The van der Waals surface area contributed by atoms with Gasteiger partial charge in [0.1, 0.15) is 0 Å². The van der Waals surface area contributed by atoms with Gasteiger partial charge in [0.05, 0.1) is 0 Å². The van der Waals surface area contributed by atoms with E-state index in [9.17, 15) is 0 Å². The smallest absolute Gasteiger partial charge is 0.231 e. The van der Waals surface area contributed by atoms with E-state index in [1.165, 1.54) is 5.56 Å². The highest BCUT2D eigenvalue weighted by atomic mass is 16.7. The van der Waals surface area contributed by atoms with Gasteiger partial charge in [-0.3, -0.25) is 4.90 Å². The van der Waals surface area contributed by atoms with Crippen molar-refractivity contribution in [2.24, 2.45) is 0 Å². The van der Waals surface area contributed by atoms with E-state index in [2.05, 4.69) is 36.2 Å². The first-order valence-corrected chi connectivity index (χ1v) is 7.04. The average Bonchev–Trinajstić information content (AvgIpc) is 2.86. The number of hydrogen-bond acceptors (Lipinski definition) is 4. The van der Waals surface area contributed by atoms with Crippen molar-refractivity contribution in [3.63, 3.8) is 0 Å². The molecule has 0 spiro atoms. The Labute approximate surface area is 114 Å². The summed E-state index contributed by atoms with van der Waals surface area (Å²) in [5.74, 6) is 1.74. The van der Waals surface area contributed by atoms with Gasteiger partial charge in [0.2, 0.25) is 6.79 Å². The lowest BCUT2D eigenvalue weighted by Crippen LogP contribution is -2.58. The van der Waals surface area contributed by atoms with Gasteiger partial charge in [-0.05, 0) is 31.0 Å². The summed E-state index contributed by atoms with van der Waals surface area (Å²) in [6.07, 6.45) is 1.16. The second kappa shape index (κ2) is 5.02. The quantitative estimate of drug-likeness (QED) is 0.903. The molecule has 2 heterocycles. The van der Waals surface area contributed by atoms with Gasteiger partial charge in [-0.25, -0.2) is 0 Å². The molecule has 0 radical (unpaired) electrons. The second-order valence-corrected chi connectivity index (χ2v) is 5.74. The Kier molecular flexibility index (Phi) is 3.37. The van der Waals surface area contributed by atoms with E-state index in [1.54, 1.807) is 0 Å². The van der Waals surface area contributed by atoms with Crippen LogP contribution in [0.1, 0.15) is 25.8 Å². The molecule has 2 aliphatic heterocycles. The monoisotopic (exact) mass is 262 g/mol. The number of rotatable bonds is 3. The number of nitrogens with zero attached hydrogens (tertiary/aromatic N) is 1. The maximum Gasteiger partial charge on any atom is 0.231 e. The molecule has 2 aliphatic rings. The second-order valence-electron chi connectivity index (χ2n) is 5.74. The molecule has 0 aromatic heterocycles. The van der Waals surface area contributed by atoms with Gasteiger partial charge >= 0.3 is 0 Å². The van der Waals surface area contributed by atoms with Crippen molar-refractivity contribution in [2.75, 3.05) is 26.4 Å². The van der Waals surface area contributed by atoms with Gasteiger partial charge in [-0.1, -0.05) is 13.0 Å². The van der Waals surface area contributed by atoms with Crippen LogP contribution in [0.4, 0.5) is 0 Å². The summed E-state index contributed by atoms with van der Waals surface area (Å²) in [5, 5.41) is 3.62. The summed E-state index contributed by atoms with van der Waals surface area (Å²) in [7, 11) is 0. The lowest BCUT2D eigenvalue weighted by Gasteiger charge is -2.41. The summed E-state index contributed by atoms with van der Waals surface area (Å²) in [6.45, 7) is 9.14. The van der Waals surface area contributed by atoms with Crippen molar-refractivity contribution in [1.29, 1.82) is 0 Å². The van der Waals surface area contributed by atoms with Crippen LogP contribution in [0.3, 0.4) is 0 Å². The first kappa shape index (κ1) is 12.8. The molecule has 1 atom stereocenters. The summed E-state index contributed by atoms with van der Waals surface area (Å²) in [4.78, 5) is 2.51. The van der Waals surface area contributed by atoms with Gasteiger partial charge in [-0.15, -0.1) is 0 Å². The Bertz CT molecular complexity index is 463. The van der Waals surface area contributed by atoms with Crippen molar-refractivity contribution < 1.29 is 9.47 Å². The lowest BCUT2D eigenvalue weighted by molar-refractivity contribution is 0.133. The fourth-order valence-electron chi connectivity index (χ4n) is 2.81. The van der Waals surface area contributed by atoms with Gasteiger partial charge in [0, 0.05) is 31.7 Å². The Hall–Kier alpha value is -1.26. The molecule has 0 saturated carbocycles. The van der Waals surface area contributed by atoms with Crippen molar-refractivity contribution in [1.82, 2.24) is 10.2 Å². The third-order valence-electron chi connectivity index (χ3n) is 4.18. The molecule has 19 heavy (non-hydrogen) atoms. The minimum absolute atomic E-state index is 0.245. The Morgan fingerprint density at radius 2 is 2.16 bits per heavy atom. The van der Waals surface area contributed by atoms with Crippen LogP contribution >= 0.6 is 0 Å². The standard InChI is InChI=1S/C15H22N2O2/c1-3-15(2)10-17(7-6-16-15)9-12-4-5-13-14(8-12)19-11-18-13/h4-5,8,16H,3,6-7,9-11H2,1-2H3. The van der Waals surface area contributed by atoms with Crippen LogP contribution in [0.15, 0.2) is 18.2 Å². The zero-order chi connectivity index (χ0) is 13.3.